The zero-order chi connectivity index (χ0) is 17.2. The van der Waals surface area contributed by atoms with Crippen molar-refractivity contribution in [3.63, 3.8) is 0 Å². The number of carbonyl (C=O) groups is 1. The molecule has 0 saturated carbocycles. The van der Waals surface area contributed by atoms with Gasteiger partial charge in [0.1, 0.15) is 5.76 Å². The fraction of sp³-hybridized carbons (Fsp3) is 0.368. The van der Waals surface area contributed by atoms with Crippen LogP contribution >= 0.6 is 11.3 Å². The number of aromatic nitrogens is 1. The van der Waals surface area contributed by atoms with Crippen LogP contribution in [0, 0.1) is 12.8 Å². The summed E-state index contributed by atoms with van der Waals surface area (Å²) in [6.45, 7) is 4.31. The molecular weight excluding hydrogens is 334 g/mol. The zero-order valence-corrected chi connectivity index (χ0v) is 15.0. The van der Waals surface area contributed by atoms with Crippen molar-refractivity contribution in [2.45, 2.75) is 26.3 Å². The Morgan fingerprint density at radius 2 is 2.20 bits per heavy atom. The predicted molar refractivity (Wildman–Crippen MR) is 99.8 cm³/mol. The van der Waals surface area contributed by atoms with Crippen LogP contribution in [-0.2, 0) is 11.3 Å². The van der Waals surface area contributed by atoms with Gasteiger partial charge in [0.15, 0.2) is 5.13 Å². The molecule has 0 atom stereocenters. The Balaban J connectivity index is 1.34. The molecule has 1 aliphatic heterocycles. The van der Waals surface area contributed by atoms with Crippen molar-refractivity contribution >= 4 is 32.6 Å². The third-order valence-corrected chi connectivity index (χ3v) is 5.76. The van der Waals surface area contributed by atoms with Gasteiger partial charge in [0.2, 0.25) is 5.91 Å². The number of hydrogen-bond donors (Lipinski definition) is 1. The van der Waals surface area contributed by atoms with E-state index in [2.05, 4.69) is 35.3 Å². The fourth-order valence-corrected chi connectivity index (χ4v) is 4.34. The summed E-state index contributed by atoms with van der Waals surface area (Å²) in [4.78, 5) is 19.4. The number of benzene rings is 1. The summed E-state index contributed by atoms with van der Waals surface area (Å²) in [5.41, 5.74) is 2.32. The van der Waals surface area contributed by atoms with E-state index in [0.717, 1.165) is 42.3 Å². The highest BCUT2D eigenvalue weighted by Gasteiger charge is 2.26. The van der Waals surface area contributed by atoms with Gasteiger partial charge >= 0.3 is 0 Å². The van der Waals surface area contributed by atoms with E-state index in [1.807, 2.05) is 12.1 Å². The number of hydrogen-bond acceptors (Lipinski definition) is 5. The van der Waals surface area contributed by atoms with Gasteiger partial charge in [0.25, 0.3) is 0 Å². The molecule has 3 heterocycles. The molecule has 1 aromatic carbocycles. The molecule has 1 N–H and O–H groups in total. The molecule has 5 nitrogen and oxygen atoms in total. The molecule has 0 radical (unpaired) electrons. The van der Waals surface area contributed by atoms with Crippen molar-refractivity contribution in [1.82, 2.24) is 10.3 Å². The number of piperidine rings is 1. The number of thiazole rings is 1. The van der Waals surface area contributed by atoms with E-state index in [4.69, 9.17) is 9.40 Å². The fourth-order valence-electron chi connectivity index (χ4n) is 3.22. The lowest BCUT2D eigenvalue weighted by Crippen LogP contribution is -2.40. The van der Waals surface area contributed by atoms with Gasteiger partial charge in [-0.1, -0.05) is 17.4 Å². The van der Waals surface area contributed by atoms with Crippen LogP contribution in [0.3, 0.4) is 0 Å². The smallest absolute Gasteiger partial charge is 0.223 e. The minimum absolute atomic E-state index is 0.0721. The maximum atomic E-state index is 12.3. The Kier molecular flexibility index (Phi) is 4.44. The van der Waals surface area contributed by atoms with Gasteiger partial charge in [-0.3, -0.25) is 4.79 Å². The first-order chi connectivity index (χ1) is 12.2. The topological polar surface area (TPSA) is 58.4 Å². The highest BCUT2D eigenvalue weighted by molar-refractivity contribution is 7.22. The highest BCUT2D eigenvalue weighted by Crippen LogP contribution is 2.32. The van der Waals surface area contributed by atoms with Crippen LogP contribution in [0.1, 0.15) is 24.2 Å². The molecule has 0 bridgehead atoms. The lowest BCUT2D eigenvalue weighted by atomic mass is 9.96. The number of rotatable bonds is 4. The Labute approximate surface area is 150 Å². The number of nitrogens with one attached hydrogen (secondary N) is 1. The minimum Gasteiger partial charge on any atom is -0.467 e. The molecule has 0 spiro atoms. The van der Waals surface area contributed by atoms with Crippen LogP contribution in [0.4, 0.5) is 5.13 Å². The van der Waals surface area contributed by atoms with E-state index in [1.165, 1.54) is 10.3 Å². The first kappa shape index (κ1) is 16.1. The molecular formula is C19H21N3O2S. The summed E-state index contributed by atoms with van der Waals surface area (Å²) < 4.78 is 6.48. The standard InChI is InChI=1S/C19H21N3O2S/c1-13-4-5-16-17(11-13)25-19(21-16)22-8-6-14(7-9-22)18(23)20-12-15-3-2-10-24-15/h2-5,10-11,14H,6-9,12H2,1H3,(H,20,23). The van der Waals surface area contributed by atoms with Crippen molar-refractivity contribution in [3.8, 4) is 0 Å². The summed E-state index contributed by atoms with van der Waals surface area (Å²) in [7, 11) is 0. The Hall–Kier alpha value is -2.34. The zero-order valence-electron chi connectivity index (χ0n) is 14.2. The van der Waals surface area contributed by atoms with Crippen LogP contribution in [0.15, 0.2) is 41.0 Å². The molecule has 0 unspecified atom stereocenters. The summed E-state index contributed by atoms with van der Waals surface area (Å²) in [5.74, 6) is 0.981. The molecule has 1 amide bonds. The van der Waals surface area contributed by atoms with E-state index >= 15 is 0 Å². The van der Waals surface area contributed by atoms with Gasteiger partial charge in [-0.2, -0.15) is 0 Å². The Morgan fingerprint density at radius 1 is 1.36 bits per heavy atom. The van der Waals surface area contributed by atoms with Crippen LogP contribution < -0.4 is 10.2 Å². The molecule has 1 saturated heterocycles. The van der Waals surface area contributed by atoms with E-state index < -0.39 is 0 Å². The average molecular weight is 355 g/mol. The van der Waals surface area contributed by atoms with Crippen LogP contribution in [0.2, 0.25) is 0 Å². The quantitative estimate of drug-likeness (QED) is 0.775. The van der Waals surface area contributed by atoms with Gasteiger partial charge in [-0.25, -0.2) is 4.98 Å². The van der Waals surface area contributed by atoms with Crippen molar-refractivity contribution in [2.75, 3.05) is 18.0 Å². The van der Waals surface area contributed by atoms with Crippen molar-refractivity contribution < 1.29 is 9.21 Å². The monoisotopic (exact) mass is 355 g/mol. The van der Waals surface area contributed by atoms with Crippen LogP contribution in [0.25, 0.3) is 10.2 Å². The molecule has 3 aromatic rings. The van der Waals surface area contributed by atoms with Crippen LogP contribution in [0.5, 0.6) is 0 Å². The summed E-state index contributed by atoms with van der Waals surface area (Å²) in [5, 5.41) is 4.04. The second-order valence-corrected chi connectivity index (χ2v) is 7.54. The number of anilines is 1. The van der Waals surface area contributed by atoms with E-state index in [1.54, 1.807) is 17.6 Å². The van der Waals surface area contributed by atoms with Gasteiger partial charge < -0.3 is 14.6 Å². The molecule has 4 rings (SSSR count). The number of aryl methyl sites for hydroxylation is 1. The molecule has 1 fully saturated rings. The summed E-state index contributed by atoms with van der Waals surface area (Å²) in [6.07, 6.45) is 3.34. The van der Waals surface area contributed by atoms with Crippen LogP contribution in [-0.4, -0.2) is 24.0 Å². The number of nitrogens with zero attached hydrogens (tertiary/aromatic N) is 2. The number of furan rings is 1. The van der Waals surface area contributed by atoms with Gasteiger partial charge in [0.05, 0.1) is 23.0 Å². The van der Waals surface area contributed by atoms with E-state index in [-0.39, 0.29) is 11.8 Å². The number of carbonyl (C=O) groups excluding carboxylic acids is 1. The Bertz CT molecular complexity index is 864. The Morgan fingerprint density at radius 3 is 2.96 bits per heavy atom. The largest absolute Gasteiger partial charge is 0.467 e. The third-order valence-electron chi connectivity index (χ3n) is 4.69. The van der Waals surface area contributed by atoms with Gasteiger partial charge in [0, 0.05) is 19.0 Å². The highest BCUT2D eigenvalue weighted by atomic mass is 32.1. The maximum absolute atomic E-state index is 12.3. The summed E-state index contributed by atoms with van der Waals surface area (Å²) in [6, 6.07) is 10.1. The maximum Gasteiger partial charge on any atom is 0.223 e. The number of amides is 1. The average Bonchev–Trinajstić information content (AvgIpc) is 3.29. The van der Waals surface area contributed by atoms with E-state index in [9.17, 15) is 4.79 Å². The van der Waals surface area contributed by atoms with Gasteiger partial charge in [-0.05, 0) is 49.6 Å². The molecule has 25 heavy (non-hydrogen) atoms. The first-order valence-electron chi connectivity index (χ1n) is 8.61. The molecule has 6 heteroatoms. The second kappa shape index (κ2) is 6.88. The molecule has 0 aliphatic carbocycles. The number of fused-ring (bicyclic) bond motifs is 1. The SMILES string of the molecule is Cc1ccc2nc(N3CCC(C(=O)NCc4ccco4)CC3)sc2c1. The molecule has 2 aromatic heterocycles. The molecule has 130 valence electrons. The van der Waals surface area contributed by atoms with Crippen molar-refractivity contribution in [3.05, 3.63) is 47.9 Å². The summed E-state index contributed by atoms with van der Waals surface area (Å²) >= 11 is 1.74. The molecule has 1 aliphatic rings. The predicted octanol–water partition coefficient (Wildman–Crippen LogP) is 3.73. The minimum atomic E-state index is 0.0721. The lowest BCUT2D eigenvalue weighted by molar-refractivity contribution is -0.125. The van der Waals surface area contributed by atoms with Crippen molar-refractivity contribution in [2.24, 2.45) is 5.92 Å². The lowest BCUT2D eigenvalue weighted by Gasteiger charge is -2.30. The second-order valence-electron chi connectivity index (χ2n) is 6.53. The first-order valence-corrected chi connectivity index (χ1v) is 9.43. The third kappa shape index (κ3) is 3.54. The van der Waals surface area contributed by atoms with Crippen molar-refractivity contribution in [1.29, 1.82) is 0 Å². The van der Waals surface area contributed by atoms with E-state index in [0.29, 0.717) is 6.54 Å². The normalized spacial score (nSPS) is 15.6. The van der Waals surface area contributed by atoms with Gasteiger partial charge in [-0.15, -0.1) is 0 Å².